The minimum Gasteiger partial charge on any atom is -0.462 e. The molecule has 0 bridgehead atoms. The number of unbranched alkanes of at least 4 members (excludes halogenated alkanes) is 13. The molecule has 1 atom stereocenters. The van der Waals surface area contributed by atoms with Crippen LogP contribution in [-0.2, 0) is 19.1 Å². The van der Waals surface area contributed by atoms with Gasteiger partial charge in [0, 0.05) is 12.8 Å². The number of rotatable bonds is 20. The minimum atomic E-state index is -0.755. The van der Waals surface area contributed by atoms with Crippen molar-refractivity contribution in [1.82, 2.24) is 0 Å². The topological polar surface area (TPSA) is 72.8 Å². The molecule has 0 aliphatic rings. The normalized spacial score (nSPS) is 12.0. The number of aliphatic hydroxyl groups is 1. The van der Waals surface area contributed by atoms with E-state index in [1.54, 1.807) is 6.92 Å². The van der Waals surface area contributed by atoms with Crippen LogP contribution in [0.2, 0.25) is 0 Å². The van der Waals surface area contributed by atoms with Crippen LogP contribution in [0.4, 0.5) is 0 Å². The van der Waals surface area contributed by atoms with Crippen LogP contribution in [0.15, 0.2) is 0 Å². The van der Waals surface area contributed by atoms with Crippen molar-refractivity contribution in [2.45, 2.75) is 123 Å². The average Bonchev–Trinajstić information content (AvgIpc) is 2.70. The Bertz CT molecular complexity index is 370. The van der Waals surface area contributed by atoms with Crippen molar-refractivity contribution < 1.29 is 24.2 Å². The van der Waals surface area contributed by atoms with Gasteiger partial charge >= 0.3 is 11.9 Å². The summed E-state index contributed by atoms with van der Waals surface area (Å²) in [6.07, 6.45) is 17.7. The molecular formula is C23H44O5. The van der Waals surface area contributed by atoms with Gasteiger partial charge in [0.05, 0.1) is 6.61 Å². The van der Waals surface area contributed by atoms with Crippen molar-refractivity contribution >= 4 is 11.9 Å². The molecule has 0 aromatic heterocycles. The van der Waals surface area contributed by atoms with E-state index >= 15 is 0 Å². The quantitative estimate of drug-likeness (QED) is 0.209. The summed E-state index contributed by atoms with van der Waals surface area (Å²) in [5.41, 5.74) is 0. The van der Waals surface area contributed by atoms with Gasteiger partial charge in [0.25, 0.3) is 0 Å². The first-order valence-electron chi connectivity index (χ1n) is 11.6. The molecule has 0 radical (unpaired) electrons. The number of hydrogen-bond donors (Lipinski definition) is 1. The zero-order valence-electron chi connectivity index (χ0n) is 18.4. The number of carbonyl (C=O) groups excluding carboxylic acids is 2. The van der Waals surface area contributed by atoms with Gasteiger partial charge in [-0.15, -0.1) is 0 Å². The minimum absolute atomic E-state index is 0.0757. The largest absolute Gasteiger partial charge is 0.462 e. The number of hydrogen-bond acceptors (Lipinski definition) is 5. The third kappa shape index (κ3) is 18.3. The first kappa shape index (κ1) is 26.9. The monoisotopic (exact) mass is 400 g/mol. The summed E-state index contributed by atoms with van der Waals surface area (Å²) in [4.78, 5) is 22.9. The molecule has 0 aliphatic heterocycles. The highest BCUT2D eigenvalue weighted by atomic mass is 16.6. The van der Waals surface area contributed by atoms with Crippen molar-refractivity contribution in [1.29, 1.82) is 0 Å². The van der Waals surface area contributed by atoms with Crippen LogP contribution in [0.5, 0.6) is 0 Å². The third-order valence-corrected chi connectivity index (χ3v) is 4.96. The summed E-state index contributed by atoms with van der Waals surface area (Å²) in [7, 11) is 0. The molecule has 0 saturated carbocycles. The van der Waals surface area contributed by atoms with E-state index in [2.05, 4.69) is 6.92 Å². The van der Waals surface area contributed by atoms with Gasteiger partial charge in [0.1, 0.15) is 6.61 Å². The average molecular weight is 401 g/mol. The van der Waals surface area contributed by atoms with Crippen molar-refractivity contribution in [3.8, 4) is 0 Å². The van der Waals surface area contributed by atoms with Gasteiger partial charge in [0.15, 0.2) is 6.10 Å². The van der Waals surface area contributed by atoms with Crippen molar-refractivity contribution in [3.63, 3.8) is 0 Å². The molecule has 0 amide bonds. The fraction of sp³-hybridized carbons (Fsp3) is 0.913. The van der Waals surface area contributed by atoms with E-state index in [9.17, 15) is 14.7 Å². The van der Waals surface area contributed by atoms with Gasteiger partial charge in [-0.05, 0) is 6.42 Å². The molecule has 0 aromatic rings. The first-order chi connectivity index (χ1) is 13.6. The number of ether oxygens (including phenoxy) is 2. The van der Waals surface area contributed by atoms with Gasteiger partial charge < -0.3 is 14.6 Å². The Kier molecular flexibility index (Phi) is 19.8. The molecule has 0 rings (SSSR count). The summed E-state index contributed by atoms with van der Waals surface area (Å²) in [5.74, 6) is -0.688. The zero-order valence-corrected chi connectivity index (χ0v) is 18.4. The Labute approximate surface area is 172 Å². The summed E-state index contributed by atoms with van der Waals surface area (Å²) >= 11 is 0. The Hall–Kier alpha value is -1.10. The van der Waals surface area contributed by atoms with E-state index in [1.165, 1.54) is 70.6 Å². The number of esters is 2. The molecule has 1 N–H and O–H groups in total. The summed E-state index contributed by atoms with van der Waals surface area (Å²) in [6, 6.07) is 0. The summed E-state index contributed by atoms with van der Waals surface area (Å²) in [5, 5.41) is 9.19. The Morgan fingerprint density at radius 2 is 1.18 bits per heavy atom. The standard InChI is InChI=1S/C23H44O5/c1-3-5-6-7-8-9-10-11-12-13-14-15-16-17-18-23(26)28-21(19-24)20-27-22(25)4-2/h21,24H,3-20H2,1-2H3. The van der Waals surface area contributed by atoms with Gasteiger partial charge in [-0.3, -0.25) is 9.59 Å². The molecule has 5 heteroatoms. The number of aliphatic hydroxyl groups excluding tert-OH is 1. The molecule has 0 fully saturated rings. The maximum absolute atomic E-state index is 11.8. The highest BCUT2D eigenvalue weighted by Gasteiger charge is 2.15. The van der Waals surface area contributed by atoms with Crippen LogP contribution in [0.1, 0.15) is 117 Å². The Morgan fingerprint density at radius 3 is 1.61 bits per heavy atom. The molecule has 1 unspecified atom stereocenters. The fourth-order valence-corrected chi connectivity index (χ4v) is 3.12. The summed E-state index contributed by atoms with van der Waals surface area (Å²) < 4.78 is 10.0. The van der Waals surface area contributed by atoms with Crippen molar-refractivity contribution in [2.75, 3.05) is 13.2 Å². The molecule has 166 valence electrons. The molecule has 28 heavy (non-hydrogen) atoms. The Morgan fingerprint density at radius 1 is 0.714 bits per heavy atom. The first-order valence-corrected chi connectivity index (χ1v) is 11.6. The van der Waals surface area contributed by atoms with Crippen LogP contribution < -0.4 is 0 Å². The van der Waals surface area contributed by atoms with Crippen LogP contribution in [0.25, 0.3) is 0 Å². The second-order valence-corrected chi connectivity index (χ2v) is 7.68. The van der Waals surface area contributed by atoms with E-state index in [0.29, 0.717) is 6.42 Å². The van der Waals surface area contributed by atoms with Gasteiger partial charge in [0.2, 0.25) is 0 Å². The predicted molar refractivity (Wildman–Crippen MR) is 113 cm³/mol. The molecule has 0 saturated heterocycles. The molecular weight excluding hydrogens is 356 g/mol. The van der Waals surface area contributed by atoms with Crippen LogP contribution >= 0.6 is 0 Å². The Balaban J connectivity index is 3.40. The lowest BCUT2D eigenvalue weighted by Gasteiger charge is -2.15. The third-order valence-electron chi connectivity index (χ3n) is 4.96. The second kappa shape index (κ2) is 20.6. The molecule has 0 spiro atoms. The van der Waals surface area contributed by atoms with Crippen molar-refractivity contribution in [3.05, 3.63) is 0 Å². The number of carbonyl (C=O) groups is 2. The van der Waals surface area contributed by atoms with E-state index in [1.807, 2.05) is 0 Å². The lowest BCUT2D eigenvalue weighted by atomic mass is 10.0. The van der Waals surface area contributed by atoms with Crippen LogP contribution in [0.3, 0.4) is 0 Å². The molecule has 0 aromatic carbocycles. The maximum atomic E-state index is 11.8. The van der Waals surface area contributed by atoms with Crippen LogP contribution in [0, 0.1) is 0 Å². The smallest absolute Gasteiger partial charge is 0.306 e. The van der Waals surface area contributed by atoms with Gasteiger partial charge in [-0.25, -0.2) is 0 Å². The van der Waals surface area contributed by atoms with Gasteiger partial charge in [-0.2, -0.15) is 0 Å². The fourth-order valence-electron chi connectivity index (χ4n) is 3.12. The van der Waals surface area contributed by atoms with E-state index < -0.39 is 6.10 Å². The van der Waals surface area contributed by atoms with E-state index in [-0.39, 0.29) is 31.6 Å². The highest BCUT2D eigenvalue weighted by Crippen LogP contribution is 2.13. The molecule has 0 aliphatic carbocycles. The maximum Gasteiger partial charge on any atom is 0.306 e. The van der Waals surface area contributed by atoms with E-state index in [0.717, 1.165) is 19.3 Å². The summed E-state index contributed by atoms with van der Waals surface area (Å²) in [6.45, 7) is 3.54. The lowest BCUT2D eigenvalue weighted by molar-refractivity contribution is -0.161. The predicted octanol–water partition coefficient (Wildman–Crippen LogP) is 5.72. The van der Waals surface area contributed by atoms with Crippen molar-refractivity contribution in [2.24, 2.45) is 0 Å². The van der Waals surface area contributed by atoms with Gasteiger partial charge in [-0.1, -0.05) is 97.3 Å². The second-order valence-electron chi connectivity index (χ2n) is 7.68. The lowest BCUT2D eigenvalue weighted by Crippen LogP contribution is -2.28. The van der Waals surface area contributed by atoms with E-state index in [4.69, 9.17) is 9.47 Å². The highest BCUT2D eigenvalue weighted by molar-refractivity contribution is 5.70. The zero-order chi connectivity index (χ0) is 20.9. The SMILES string of the molecule is CCCCCCCCCCCCCCCCC(=O)OC(CO)COC(=O)CC. The van der Waals surface area contributed by atoms with Crippen LogP contribution in [-0.4, -0.2) is 36.4 Å². The molecule has 0 heterocycles. The molecule has 5 nitrogen and oxygen atoms in total.